The molecule has 0 fully saturated rings. The Morgan fingerprint density at radius 2 is 2.16 bits per heavy atom. The molecule has 2 N–H and O–H groups in total. The van der Waals surface area contributed by atoms with E-state index in [1.54, 1.807) is 6.07 Å². The molecular formula is C12H13N3O2S2. The first-order chi connectivity index (χ1) is 9.08. The van der Waals surface area contributed by atoms with Crippen molar-refractivity contribution in [3.63, 3.8) is 0 Å². The van der Waals surface area contributed by atoms with Crippen LogP contribution >= 0.6 is 23.1 Å². The summed E-state index contributed by atoms with van der Waals surface area (Å²) in [5.74, 6) is 0.253. The summed E-state index contributed by atoms with van der Waals surface area (Å²) in [5.41, 5.74) is 1.54. The standard InChI is InChI=1S/C12H13N3O2S2/c1-7(16)13-12-15-9-4-3-8(5-10(9)19-12)14-11(17)6-18-2/h3-5H,6H2,1-2H3,(H,14,17)(H,13,15,16). The number of thiazole rings is 1. The van der Waals surface area contributed by atoms with Gasteiger partial charge in [-0.2, -0.15) is 11.8 Å². The number of hydrogen-bond acceptors (Lipinski definition) is 5. The van der Waals surface area contributed by atoms with Gasteiger partial charge in [0.2, 0.25) is 11.8 Å². The van der Waals surface area contributed by atoms with E-state index in [1.807, 2.05) is 18.4 Å². The lowest BCUT2D eigenvalue weighted by Gasteiger charge is -2.03. The van der Waals surface area contributed by atoms with Gasteiger partial charge >= 0.3 is 0 Å². The second kappa shape index (κ2) is 6.03. The molecule has 0 saturated heterocycles. The number of fused-ring (bicyclic) bond motifs is 1. The molecule has 5 nitrogen and oxygen atoms in total. The van der Waals surface area contributed by atoms with Crippen molar-refractivity contribution in [3.05, 3.63) is 18.2 Å². The van der Waals surface area contributed by atoms with Crippen LogP contribution in [0.1, 0.15) is 6.92 Å². The van der Waals surface area contributed by atoms with E-state index in [9.17, 15) is 9.59 Å². The Bertz CT molecular complexity index is 624. The molecule has 1 aromatic carbocycles. The number of nitrogens with one attached hydrogen (secondary N) is 2. The molecule has 2 amide bonds. The highest BCUT2D eigenvalue weighted by molar-refractivity contribution is 7.99. The van der Waals surface area contributed by atoms with E-state index in [2.05, 4.69) is 15.6 Å². The summed E-state index contributed by atoms with van der Waals surface area (Å²) in [7, 11) is 0. The van der Waals surface area contributed by atoms with E-state index in [4.69, 9.17) is 0 Å². The minimum absolute atomic E-state index is 0.0292. The summed E-state index contributed by atoms with van der Waals surface area (Å²) in [5, 5.41) is 6.03. The van der Waals surface area contributed by atoms with Crippen LogP contribution in [0.2, 0.25) is 0 Å². The van der Waals surface area contributed by atoms with E-state index >= 15 is 0 Å². The highest BCUT2D eigenvalue weighted by Gasteiger charge is 2.07. The monoisotopic (exact) mass is 295 g/mol. The second-order valence-corrected chi connectivity index (χ2v) is 5.76. The van der Waals surface area contributed by atoms with Gasteiger partial charge < -0.3 is 10.6 Å². The average molecular weight is 295 g/mol. The number of thioether (sulfide) groups is 1. The van der Waals surface area contributed by atoms with E-state index < -0.39 is 0 Å². The Labute approximate surface area is 118 Å². The zero-order chi connectivity index (χ0) is 13.8. The third kappa shape index (κ3) is 3.68. The SMILES string of the molecule is CSCC(=O)Nc1ccc2nc(NC(C)=O)sc2c1. The minimum atomic E-state index is -0.146. The number of carbonyl (C=O) groups is 2. The van der Waals surface area contributed by atoms with E-state index in [1.165, 1.54) is 30.0 Å². The number of carbonyl (C=O) groups excluding carboxylic acids is 2. The smallest absolute Gasteiger partial charge is 0.234 e. The van der Waals surface area contributed by atoms with Gasteiger partial charge in [-0.05, 0) is 24.5 Å². The molecule has 19 heavy (non-hydrogen) atoms. The Kier molecular flexibility index (Phi) is 4.39. The van der Waals surface area contributed by atoms with Gasteiger partial charge in [0.1, 0.15) is 0 Å². The molecule has 1 aromatic heterocycles. The lowest BCUT2D eigenvalue weighted by Crippen LogP contribution is -2.13. The Morgan fingerprint density at radius 3 is 2.84 bits per heavy atom. The van der Waals surface area contributed by atoms with Crippen molar-refractivity contribution in [3.8, 4) is 0 Å². The molecule has 0 unspecified atom stereocenters. The van der Waals surface area contributed by atoms with Crippen molar-refractivity contribution in [1.29, 1.82) is 0 Å². The largest absolute Gasteiger partial charge is 0.325 e. The summed E-state index contributed by atoms with van der Waals surface area (Å²) in [6.07, 6.45) is 1.88. The van der Waals surface area contributed by atoms with Crippen LogP contribution in [-0.2, 0) is 9.59 Å². The first-order valence-corrected chi connectivity index (χ1v) is 7.76. The molecule has 100 valence electrons. The van der Waals surface area contributed by atoms with Crippen LogP contribution in [0, 0.1) is 0 Å². The predicted octanol–water partition coefficient (Wildman–Crippen LogP) is 2.56. The third-order valence-corrected chi connectivity index (χ3v) is 3.72. The maximum Gasteiger partial charge on any atom is 0.234 e. The fourth-order valence-corrected chi connectivity index (χ4v) is 2.82. The molecule has 0 atom stereocenters. The molecule has 0 aliphatic rings. The highest BCUT2D eigenvalue weighted by Crippen LogP contribution is 2.28. The van der Waals surface area contributed by atoms with Gasteiger partial charge in [-0.15, -0.1) is 0 Å². The van der Waals surface area contributed by atoms with E-state index in [0.29, 0.717) is 10.9 Å². The van der Waals surface area contributed by atoms with Crippen LogP contribution in [0.15, 0.2) is 18.2 Å². The van der Waals surface area contributed by atoms with Crippen molar-refractivity contribution in [2.45, 2.75) is 6.92 Å². The number of hydrogen-bond donors (Lipinski definition) is 2. The van der Waals surface area contributed by atoms with Gasteiger partial charge in [-0.3, -0.25) is 9.59 Å². The highest BCUT2D eigenvalue weighted by atomic mass is 32.2. The maximum absolute atomic E-state index is 11.5. The number of benzene rings is 1. The fourth-order valence-electron chi connectivity index (χ4n) is 1.53. The zero-order valence-corrected chi connectivity index (χ0v) is 12.2. The van der Waals surface area contributed by atoms with Crippen LogP contribution in [0.5, 0.6) is 0 Å². The molecule has 0 bridgehead atoms. The van der Waals surface area contributed by atoms with Crippen molar-refractivity contribution in [2.75, 3.05) is 22.6 Å². The van der Waals surface area contributed by atoms with Gasteiger partial charge in [-0.25, -0.2) is 4.98 Å². The molecule has 2 rings (SSSR count). The van der Waals surface area contributed by atoms with Gasteiger partial charge in [0, 0.05) is 12.6 Å². The van der Waals surface area contributed by atoms with Crippen molar-refractivity contribution >= 4 is 55.9 Å². The van der Waals surface area contributed by atoms with E-state index in [-0.39, 0.29) is 11.8 Å². The number of aromatic nitrogens is 1. The fraction of sp³-hybridized carbons (Fsp3) is 0.250. The van der Waals surface area contributed by atoms with Crippen LogP contribution in [0.25, 0.3) is 10.2 Å². The average Bonchev–Trinajstić information content (AvgIpc) is 2.69. The van der Waals surface area contributed by atoms with Crippen LogP contribution in [0.4, 0.5) is 10.8 Å². The minimum Gasteiger partial charge on any atom is -0.325 e. The summed E-state index contributed by atoms with van der Waals surface area (Å²) in [6, 6.07) is 5.49. The zero-order valence-electron chi connectivity index (χ0n) is 10.5. The van der Waals surface area contributed by atoms with Crippen molar-refractivity contribution < 1.29 is 9.59 Å². The van der Waals surface area contributed by atoms with Gasteiger partial charge in [0.05, 0.1) is 16.0 Å². The number of anilines is 2. The molecular weight excluding hydrogens is 282 g/mol. The predicted molar refractivity (Wildman–Crippen MR) is 80.9 cm³/mol. The first-order valence-electron chi connectivity index (χ1n) is 5.55. The molecule has 0 saturated carbocycles. The molecule has 0 spiro atoms. The molecule has 0 radical (unpaired) electrons. The Hall–Kier alpha value is -1.60. The van der Waals surface area contributed by atoms with Crippen LogP contribution < -0.4 is 10.6 Å². The first kappa shape index (κ1) is 13.8. The number of amides is 2. The molecule has 0 aliphatic carbocycles. The summed E-state index contributed by atoms with van der Waals surface area (Å²) in [4.78, 5) is 26.7. The summed E-state index contributed by atoms with van der Waals surface area (Å²) < 4.78 is 0.922. The normalized spacial score (nSPS) is 10.4. The lowest BCUT2D eigenvalue weighted by atomic mass is 10.3. The molecule has 2 aromatic rings. The molecule has 7 heteroatoms. The van der Waals surface area contributed by atoms with Crippen molar-refractivity contribution in [1.82, 2.24) is 4.98 Å². The number of rotatable bonds is 4. The molecule has 1 heterocycles. The topological polar surface area (TPSA) is 71.1 Å². The Balaban J connectivity index is 2.20. The van der Waals surface area contributed by atoms with Gasteiger partial charge in [0.25, 0.3) is 0 Å². The molecule has 0 aliphatic heterocycles. The summed E-state index contributed by atoms with van der Waals surface area (Å²) in [6.45, 7) is 1.44. The van der Waals surface area contributed by atoms with Gasteiger partial charge in [-0.1, -0.05) is 11.3 Å². The van der Waals surface area contributed by atoms with Gasteiger partial charge in [0.15, 0.2) is 5.13 Å². The number of nitrogens with zero attached hydrogens (tertiary/aromatic N) is 1. The Morgan fingerprint density at radius 1 is 1.37 bits per heavy atom. The maximum atomic E-state index is 11.5. The third-order valence-electron chi connectivity index (χ3n) is 2.23. The van der Waals surface area contributed by atoms with Crippen LogP contribution in [0.3, 0.4) is 0 Å². The quantitative estimate of drug-likeness (QED) is 0.909. The lowest BCUT2D eigenvalue weighted by molar-refractivity contribution is -0.114. The van der Waals surface area contributed by atoms with Crippen molar-refractivity contribution in [2.24, 2.45) is 0 Å². The van der Waals surface area contributed by atoms with E-state index in [0.717, 1.165) is 15.9 Å². The summed E-state index contributed by atoms with van der Waals surface area (Å²) >= 11 is 2.85. The second-order valence-electron chi connectivity index (χ2n) is 3.86. The van der Waals surface area contributed by atoms with Crippen LogP contribution in [-0.4, -0.2) is 28.8 Å².